The summed E-state index contributed by atoms with van der Waals surface area (Å²) in [5, 5.41) is 6.45. The number of hydrogen-bond donors (Lipinski definition) is 2. The molecule has 0 saturated heterocycles. The lowest BCUT2D eigenvalue weighted by atomic mass is 10.2. The fraction of sp³-hybridized carbons (Fsp3) is 0.368. The zero-order valence-corrected chi connectivity index (χ0v) is 14.8. The van der Waals surface area contributed by atoms with Crippen molar-refractivity contribution < 1.29 is 9.13 Å². The molecule has 0 atom stereocenters. The first-order valence-electron chi connectivity index (χ1n) is 8.48. The van der Waals surface area contributed by atoms with Crippen LogP contribution in [0.1, 0.15) is 30.9 Å². The molecule has 0 spiro atoms. The summed E-state index contributed by atoms with van der Waals surface area (Å²) < 4.78 is 18.7. The Balaban J connectivity index is 1.87. The smallest absolute Gasteiger partial charge is 0.218 e. The molecule has 0 bridgehead atoms. The van der Waals surface area contributed by atoms with E-state index in [1.54, 1.807) is 25.4 Å². The minimum Gasteiger partial charge on any atom is -0.477 e. The molecule has 1 aromatic carbocycles. The van der Waals surface area contributed by atoms with Crippen molar-refractivity contribution in [3.8, 4) is 5.88 Å². The lowest BCUT2D eigenvalue weighted by Crippen LogP contribution is -2.36. The van der Waals surface area contributed by atoms with Crippen molar-refractivity contribution in [1.82, 2.24) is 15.6 Å². The van der Waals surface area contributed by atoms with Crippen LogP contribution in [0.15, 0.2) is 47.6 Å². The van der Waals surface area contributed by atoms with Gasteiger partial charge in [-0.3, -0.25) is 4.99 Å². The van der Waals surface area contributed by atoms with Gasteiger partial charge >= 0.3 is 0 Å². The van der Waals surface area contributed by atoms with Crippen molar-refractivity contribution in [2.45, 2.75) is 32.9 Å². The molecule has 0 aliphatic rings. The zero-order chi connectivity index (χ0) is 17.9. The summed E-state index contributed by atoms with van der Waals surface area (Å²) in [4.78, 5) is 8.50. The quantitative estimate of drug-likeness (QED) is 0.438. The SMILES string of the molecule is CCCCOc1ncccc1CNC(=NC)NCc1ccc(F)cc1. The van der Waals surface area contributed by atoms with Crippen molar-refractivity contribution in [1.29, 1.82) is 0 Å². The van der Waals surface area contributed by atoms with Crippen molar-refractivity contribution >= 4 is 5.96 Å². The molecular formula is C19H25FN4O. The highest BCUT2D eigenvalue weighted by molar-refractivity contribution is 5.79. The number of aromatic nitrogens is 1. The number of unbranched alkanes of at least 4 members (excludes halogenated alkanes) is 1. The Labute approximate surface area is 148 Å². The molecule has 0 radical (unpaired) electrons. The van der Waals surface area contributed by atoms with Gasteiger partial charge in [0.15, 0.2) is 5.96 Å². The molecule has 6 heteroatoms. The van der Waals surface area contributed by atoms with E-state index in [1.165, 1.54) is 12.1 Å². The van der Waals surface area contributed by atoms with Crippen molar-refractivity contribution in [2.75, 3.05) is 13.7 Å². The second kappa shape index (κ2) is 10.3. The van der Waals surface area contributed by atoms with E-state index in [4.69, 9.17) is 4.74 Å². The number of guanidine groups is 1. The van der Waals surface area contributed by atoms with E-state index >= 15 is 0 Å². The summed E-state index contributed by atoms with van der Waals surface area (Å²) in [6, 6.07) is 10.3. The summed E-state index contributed by atoms with van der Waals surface area (Å²) in [6.07, 6.45) is 3.82. The van der Waals surface area contributed by atoms with Gasteiger partial charge in [0, 0.05) is 31.9 Å². The molecule has 2 rings (SSSR count). The maximum absolute atomic E-state index is 12.9. The third-order valence-electron chi connectivity index (χ3n) is 3.63. The van der Waals surface area contributed by atoms with Crippen molar-refractivity contribution in [3.05, 3.63) is 59.5 Å². The van der Waals surface area contributed by atoms with Crippen LogP contribution in [0.25, 0.3) is 0 Å². The van der Waals surface area contributed by atoms with Gasteiger partial charge in [-0.25, -0.2) is 9.37 Å². The summed E-state index contributed by atoms with van der Waals surface area (Å²) in [5.41, 5.74) is 1.96. The molecule has 0 unspecified atom stereocenters. The Morgan fingerprint density at radius 1 is 1.16 bits per heavy atom. The number of halogens is 1. The van der Waals surface area contributed by atoms with Crippen LogP contribution in [0, 0.1) is 5.82 Å². The lowest BCUT2D eigenvalue weighted by molar-refractivity contribution is 0.294. The monoisotopic (exact) mass is 344 g/mol. The number of ether oxygens (including phenoxy) is 1. The van der Waals surface area contributed by atoms with Crippen LogP contribution in [0.3, 0.4) is 0 Å². The minimum absolute atomic E-state index is 0.238. The highest BCUT2D eigenvalue weighted by Gasteiger charge is 2.06. The van der Waals surface area contributed by atoms with Crippen LogP contribution >= 0.6 is 0 Å². The molecular weight excluding hydrogens is 319 g/mol. The molecule has 0 aliphatic heterocycles. The fourth-order valence-corrected chi connectivity index (χ4v) is 2.19. The standard InChI is InChI=1S/C19H25FN4O/c1-3-4-12-25-18-16(6-5-11-22-18)14-24-19(21-2)23-13-15-7-9-17(20)10-8-15/h5-11H,3-4,12-14H2,1-2H3,(H2,21,23,24). The average molecular weight is 344 g/mol. The van der Waals surface area contributed by atoms with E-state index in [9.17, 15) is 4.39 Å². The molecule has 1 aromatic heterocycles. The van der Waals surface area contributed by atoms with Crippen LogP contribution in [-0.2, 0) is 13.1 Å². The van der Waals surface area contributed by atoms with Gasteiger partial charge in [-0.1, -0.05) is 31.5 Å². The van der Waals surface area contributed by atoms with Crippen molar-refractivity contribution in [2.24, 2.45) is 4.99 Å². The van der Waals surface area contributed by atoms with Gasteiger partial charge in [-0.15, -0.1) is 0 Å². The van der Waals surface area contributed by atoms with Crippen LogP contribution in [0.4, 0.5) is 4.39 Å². The van der Waals surface area contributed by atoms with Gasteiger partial charge in [0.25, 0.3) is 0 Å². The Morgan fingerprint density at radius 2 is 1.92 bits per heavy atom. The summed E-state index contributed by atoms with van der Waals surface area (Å²) >= 11 is 0. The van der Waals surface area contributed by atoms with Gasteiger partial charge in [0.05, 0.1) is 6.61 Å². The number of nitrogens with zero attached hydrogens (tertiary/aromatic N) is 2. The molecule has 1 heterocycles. The van der Waals surface area contributed by atoms with Gasteiger partial charge in [0.1, 0.15) is 5.82 Å². The third kappa shape index (κ3) is 6.41. The predicted molar refractivity (Wildman–Crippen MR) is 98.1 cm³/mol. The third-order valence-corrected chi connectivity index (χ3v) is 3.63. The van der Waals surface area contributed by atoms with Crippen LogP contribution in [0.2, 0.25) is 0 Å². The number of pyridine rings is 1. The van der Waals surface area contributed by atoms with E-state index in [1.807, 2.05) is 12.1 Å². The Morgan fingerprint density at radius 3 is 2.64 bits per heavy atom. The number of hydrogen-bond acceptors (Lipinski definition) is 3. The van der Waals surface area contributed by atoms with Crippen LogP contribution in [0.5, 0.6) is 5.88 Å². The molecule has 25 heavy (non-hydrogen) atoms. The molecule has 0 fully saturated rings. The molecule has 0 aliphatic carbocycles. The minimum atomic E-state index is -0.238. The predicted octanol–water partition coefficient (Wildman–Crippen LogP) is 3.26. The van der Waals surface area contributed by atoms with E-state index in [-0.39, 0.29) is 5.82 Å². The van der Waals surface area contributed by atoms with E-state index in [0.717, 1.165) is 24.0 Å². The van der Waals surface area contributed by atoms with Crippen LogP contribution < -0.4 is 15.4 Å². The van der Waals surface area contributed by atoms with E-state index in [2.05, 4.69) is 27.5 Å². The molecule has 0 amide bonds. The highest BCUT2D eigenvalue weighted by atomic mass is 19.1. The molecule has 5 nitrogen and oxygen atoms in total. The number of aliphatic imine (C=N–C) groups is 1. The second-order valence-electron chi connectivity index (χ2n) is 5.58. The second-order valence-corrected chi connectivity index (χ2v) is 5.58. The fourth-order valence-electron chi connectivity index (χ4n) is 2.19. The van der Waals surface area contributed by atoms with Crippen LogP contribution in [-0.4, -0.2) is 24.6 Å². The summed E-state index contributed by atoms with van der Waals surface area (Å²) in [5.74, 6) is 1.07. The van der Waals surface area contributed by atoms with Crippen molar-refractivity contribution in [3.63, 3.8) is 0 Å². The first-order valence-corrected chi connectivity index (χ1v) is 8.48. The largest absolute Gasteiger partial charge is 0.477 e. The van der Waals surface area contributed by atoms with Gasteiger partial charge in [-0.05, 0) is 30.2 Å². The number of benzene rings is 1. The maximum atomic E-state index is 12.9. The molecule has 134 valence electrons. The summed E-state index contributed by atoms with van der Waals surface area (Å²) in [6.45, 7) is 3.91. The highest BCUT2D eigenvalue weighted by Crippen LogP contribution is 2.14. The van der Waals surface area contributed by atoms with Gasteiger partial charge in [0.2, 0.25) is 5.88 Å². The Kier molecular flexibility index (Phi) is 7.69. The molecule has 0 saturated carbocycles. The zero-order valence-electron chi connectivity index (χ0n) is 14.8. The summed E-state index contributed by atoms with van der Waals surface area (Å²) in [7, 11) is 1.71. The number of rotatable bonds is 8. The van der Waals surface area contributed by atoms with E-state index in [0.29, 0.717) is 31.5 Å². The van der Waals surface area contributed by atoms with E-state index < -0.39 is 0 Å². The Hall–Kier alpha value is -2.63. The molecule has 2 N–H and O–H groups in total. The normalized spacial score (nSPS) is 11.2. The first-order chi connectivity index (χ1) is 12.2. The number of nitrogens with one attached hydrogen (secondary N) is 2. The maximum Gasteiger partial charge on any atom is 0.218 e. The topological polar surface area (TPSA) is 58.5 Å². The van der Waals surface area contributed by atoms with Gasteiger partial charge < -0.3 is 15.4 Å². The Bertz CT molecular complexity index is 673. The average Bonchev–Trinajstić information content (AvgIpc) is 2.64. The van der Waals surface area contributed by atoms with Gasteiger partial charge in [-0.2, -0.15) is 0 Å². The molecule has 2 aromatic rings. The lowest BCUT2D eigenvalue weighted by Gasteiger charge is -2.14. The first kappa shape index (κ1) is 18.7.